The summed E-state index contributed by atoms with van der Waals surface area (Å²) < 4.78 is 0. The highest BCUT2D eigenvalue weighted by Gasteiger charge is 2.22. The Morgan fingerprint density at radius 3 is 2.73 bits per heavy atom. The van der Waals surface area contributed by atoms with Gasteiger partial charge in [-0.3, -0.25) is 0 Å². The lowest BCUT2D eigenvalue weighted by Crippen LogP contribution is -2.29. The molecule has 1 aromatic rings. The minimum Gasteiger partial charge on any atom is -0.309 e. The number of rotatable bonds is 2. The highest BCUT2D eigenvalue weighted by atomic mass is 14.9. The zero-order valence-electron chi connectivity index (χ0n) is 10.0. The van der Waals surface area contributed by atoms with E-state index in [9.17, 15) is 0 Å². The smallest absolute Gasteiger partial charge is 0.0326 e. The predicted octanol–water partition coefficient (Wildman–Crippen LogP) is 3.31. The zero-order valence-corrected chi connectivity index (χ0v) is 10.0. The second kappa shape index (κ2) is 3.97. The molecule has 0 radical (unpaired) electrons. The molecule has 1 atom stereocenters. The van der Waals surface area contributed by atoms with Crippen molar-refractivity contribution in [3.63, 3.8) is 0 Å². The standard InChI is InChI=1S/C14H21N/c1-14(2,3)10-15-13-9-8-11-6-4-5-7-12(11)13/h4-7,13,15H,8-10H2,1-3H3. The second-order valence-corrected chi connectivity index (χ2v) is 5.73. The number of hydrogen-bond acceptors (Lipinski definition) is 1. The van der Waals surface area contributed by atoms with Crippen LogP contribution in [0.5, 0.6) is 0 Å². The van der Waals surface area contributed by atoms with Gasteiger partial charge in [-0.05, 0) is 29.4 Å². The number of aryl methyl sites for hydroxylation is 1. The Morgan fingerprint density at radius 2 is 2.00 bits per heavy atom. The largest absolute Gasteiger partial charge is 0.309 e. The molecule has 2 rings (SSSR count). The van der Waals surface area contributed by atoms with Gasteiger partial charge in [0.25, 0.3) is 0 Å². The minimum atomic E-state index is 0.373. The molecule has 0 spiro atoms. The summed E-state index contributed by atoms with van der Waals surface area (Å²) in [4.78, 5) is 0. The van der Waals surface area contributed by atoms with E-state index in [1.807, 2.05) is 0 Å². The molecule has 1 aliphatic carbocycles. The molecule has 0 saturated carbocycles. The van der Waals surface area contributed by atoms with Crippen LogP contribution in [0.4, 0.5) is 0 Å². The zero-order chi connectivity index (χ0) is 10.9. The summed E-state index contributed by atoms with van der Waals surface area (Å²) in [6.07, 6.45) is 2.49. The van der Waals surface area contributed by atoms with Gasteiger partial charge < -0.3 is 5.32 Å². The van der Waals surface area contributed by atoms with Crippen molar-refractivity contribution >= 4 is 0 Å². The van der Waals surface area contributed by atoms with Gasteiger partial charge in [0.1, 0.15) is 0 Å². The van der Waals surface area contributed by atoms with Crippen LogP contribution >= 0.6 is 0 Å². The van der Waals surface area contributed by atoms with Crippen LogP contribution in [-0.2, 0) is 6.42 Å². The van der Waals surface area contributed by atoms with E-state index in [0.717, 1.165) is 6.54 Å². The van der Waals surface area contributed by atoms with E-state index in [4.69, 9.17) is 0 Å². The molecule has 1 heteroatoms. The number of fused-ring (bicyclic) bond motifs is 1. The van der Waals surface area contributed by atoms with Gasteiger partial charge in [-0.15, -0.1) is 0 Å². The number of nitrogens with one attached hydrogen (secondary N) is 1. The lowest BCUT2D eigenvalue weighted by molar-refractivity contribution is 0.352. The first-order valence-electron chi connectivity index (χ1n) is 5.87. The van der Waals surface area contributed by atoms with Crippen molar-refractivity contribution in [2.24, 2.45) is 5.41 Å². The molecule has 1 aliphatic rings. The molecule has 0 bridgehead atoms. The quantitative estimate of drug-likeness (QED) is 0.777. The maximum atomic E-state index is 3.68. The van der Waals surface area contributed by atoms with E-state index >= 15 is 0 Å². The molecule has 1 unspecified atom stereocenters. The van der Waals surface area contributed by atoms with Crippen molar-refractivity contribution in [1.82, 2.24) is 5.32 Å². The Kier molecular flexibility index (Phi) is 2.83. The molecule has 0 aliphatic heterocycles. The van der Waals surface area contributed by atoms with Gasteiger partial charge >= 0.3 is 0 Å². The molecule has 82 valence electrons. The third kappa shape index (κ3) is 2.60. The Hall–Kier alpha value is -0.820. The Balaban J connectivity index is 2.02. The van der Waals surface area contributed by atoms with Crippen molar-refractivity contribution in [3.8, 4) is 0 Å². The molecule has 0 fully saturated rings. The minimum absolute atomic E-state index is 0.373. The molecular weight excluding hydrogens is 182 g/mol. The van der Waals surface area contributed by atoms with Gasteiger partial charge in [-0.25, -0.2) is 0 Å². The van der Waals surface area contributed by atoms with Gasteiger partial charge in [0.2, 0.25) is 0 Å². The molecule has 0 saturated heterocycles. The summed E-state index contributed by atoms with van der Waals surface area (Å²) in [6.45, 7) is 7.93. The molecule has 15 heavy (non-hydrogen) atoms. The van der Waals surface area contributed by atoms with Crippen LogP contribution in [0.3, 0.4) is 0 Å². The molecule has 1 N–H and O–H groups in total. The molecule has 0 aromatic heterocycles. The number of benzene rings is 1. The fourth-order valence-electron chi connectivity index (χ4n) is 2.20. The molecule has 0 heterocycles. The Labute approximate surface area is 92.9 Å². The fraction of sp³-hybridized carbons (Fsp3) is 0.571. The average molecular weight is 203 g/mol. The van der Waals surface area contributed by atoms with Crippen molar-refractivity contribution < 1.29 is 0 Å². The number of hydrogen-bond donors (Lipinski definition) is 1. The first kappa shape index (κ1) is 10.7. The van der Waals surface area contributed by atoms with Gasteiger partial charge in [-0.1, -0.05) is 45.0 Å². The molecule has 1 aromatic carbocycles. The van der Waals surface area contributed by atoms with E-state index in [1.165, 1.54) is 24.0 Å². The average Bonchev–Trinajstić information content (AvgIpc) is 2.57. The summed E-state index contributed by atoms with van der Waals surface area (Å²) in [5.74, 6) is 0. The summed E-state index contributed by atoms with van der Waals surface area (Å²) in [7, 11) is 0. The van der Waals surface area contributed by atoms with E-state index in [-0.39, 0.29) is 0 Å². The van der Waals surface area contributed by atoms with Crippen molar-refractivity contribution in [3.05, 3.63) is 35.4 Å². The van der Waals surface area contributed by atoms with Crippen LogP contribution in [0.2, 0.25) is 0 Å². The normalized spacial score (nSPS) is 20.3. The maximum absolute atomic E-state index is 3.68. The highest BCUT2D eigenvalue weighted by molar-refractivity contribution is 5.34. The Bertz CT molecular complexity index is 335. The van der Waals surface area contributed by atoms with Crippen molar-refractivity contribution in [2.45, 2.75) is 39.7 Å². The third-order valence-corrected chi connectivity index (χ3v) is 3.01. The second-order valence-electron chi connectivity index (χ2n) is 5.73. The predicted molar refractivity (Wildman–Crippen MR) is 65.0 cm³/mol. The van der Waals surface area contributed by atoms with Crippen LogP contribution in [0, 0.1) is 5.41 Å². The fourth-order valence-corrected chi connectivity index (χ4v) is 2.20. The topological polar surface area (TPSA) is 12.0 Å². The summed E-state index contributed by atoms with van der Waals surface area (Å²) in [5.41, 5.74) is 3.42. The van der Waals surface area contributed by atoms with E-state index in [0.29, 0.717) is 11.5 Å². The van der Waals surface area contributed by atoms with Crippen LogP contribution in [0.15, 0.2) is 24.3 Å². The van der Waals surface area contributed by atoms with Crippen LogP contribution in [0.1, 0.15) is 44.4 Å². The SMILES string of the molecule is CC(C)(C)CNC1CCc2ccccc21. The summed E-state index contributed by atoms with van der Waals surface area (Å²) >= 11 is 0. The maximum Gasteiger partial charge on any atom is 0.0326 e. The Morgan fingerprint density at radius 1 is 1.27 bits per heavy atom. The molecule has 0 amide bonds. The summed E-state index contributed by atoms with van der Waals surface area (Å²) in [6, 6.07) is 9.40. The van der Waals surface area contributed by atoms with Crippen LogP contribution in [0.25, 0.3) is 0 Å². The van der Waals surface area contributed by atoms with Gasteiger partial charge in [-0.2, -0.15) is 0 Å². The first-order chi connectivity index (χ1) is 7.06. The van der Waals surface area contributed by atoms with E-state index < -0.39 is 0 Å². The van der Waals surface area contributed by atoms with Gasteiger partial charge in [0.15, 0.2) is 0 Å². The lowest BCUT2D eigenvalue weighted by Gasteiger charge is -2.22. The van der Waals surface area contributed by atoms with Crippen LogP contribution < -0.4 is 5.32 Å². The van der Waals surface area contributed by atoms with Crippen molar-refractivity contribution in [2.75, 3.05) is 6.54 Å². The van der Waals surface area contributed by atoms with E-state index in [1.54, 1.807) is 0 Å². The first-order valence-corrected chi connectivity index (χ1v) is 5.87. The van der Waals surface area contributed by atoms with E-state index in [2.05, 4.69) is 50.4 Å². The monoisotopic (exact) mass is 203 g/mol. The van der Waals surface area contributed by atoms with Crippen molar-refractivity contribution in [1.29, 1.82) is 0 Å². The lowest BCUT2D eigenvalue weighted by atomic mass is 9.96. The summed E-state index contributed by atoms with van der Waals surface area (Å²) in [5, 5.41) is 3.68. The highest BCUT2D eigenvalue weighted by Crippen LogP contribution is 2.31. The molecule has 1 nitrogen and oxygen atoms in total. The molecular formula is C14H21N. The van der Waals surface area contributed by atoms with Crippen LogP contribution in [-0.4, -0.2) is 6.54 Å². The third-order valence-electron chi connectivity index (χ3n) is 3.01. The van der Waals surface area contributed by atoms with Gasteiger partial charge in [0.05, 0.1) is 0 Å². The van der Waals surface area contributed by atoms with Gasteiger partial charge in [0, 0.05) is 12.6 Å².